The highest BCUT2D eigenvalue weighted by Crippen LogP contribution is 2.28. The fourth-order valence-corrected chi connectivity index (χ4v) is 2.86. The van der Waals surface area contributed by atoms with Gasteiger partial charge in [0, 0.05) is 22.2 Å². The van der Waals surface area contributed by atoms with E-state index >= 15 is 0 Å². The number of benzene rings is 2. The van der Waals surface area contributed by atoms with E-state index in [9.17, 15) is 4.79 Å². The van der Waals surface area contributed by atoms with Crippen LogP contribution in [0.25, 0.3) is 22.6 Å². The minimum atomic E-state index is -0.00367. The van der Waals surface area contributed by atoms with Crippen LogP contribution in [0.15, 0.2) is 66.7 Å². The molecule has 1 aromatic heterocycles. The van der Waals surface area contributed by atoms with Crippen LogP contribution in [-0.4, -0.2) is 10.8 Å². The Bertz CT molecular complexity index is 898. The van der Waals surface area contributed by atoms with Crippen LogP contribution >= 0.6 is 0 Å². The van der Waals surface area contributed by atoms with Crippen molar-refractivity contribution < 1.29 is 4.79 Å². The molecule has 2 aromatic carbocycles. The summed E-state index contributed by atoms with van der Waals surface area (Å²) in [4.78, 5) is 15.6. The highest BCUT2D eigenvalue weighted by atomic mass is 16.1. The Morgan fingerprint density at radius 3 is 2.48 bits per heavy atom. The first-order chi connectivity index (χ1) is 11.1. The number of carbonyl (C=O) groups excluding carboxylic acids is 1. The molecule has 0 aliphatic heterocycles. The minimum Gasteiger partial charge on any atom is -0.358 e. The predicted molar refractivity (Wildman–Crippen MR) is 97.2 cm³/mol. The van der Waals surface area contributed by atoms with Gasteiger partial charge in [0.1, 0.15) is 0 Å². The molecular weight excluding hydrogens is 282 g/mol. The van der Waals surface area contributed by atoms with Crippen molar-refractivity contribution >= 4 is 28.3 Å². The molecule has 0 amide bonds. The van der Waals surface area contributed by atoms with E-state index in [1.165, 1.54) is 0 Å². The number of allylic oxidation sites excluding steroid dienone is 3. The number of rotatable bonds is 4. The number of nitrogens with one attached hydrogen (secondary N) is 1. The van der Waals surface area contributed by atoms with Crippen molar-refractivity contribution in [3.05, 3.63) is 83.6 Å². The van der Waals surface area contributed by atoms with Crippen molar-refractivity contribution in [1.29, 1.82) is 0 Å². The quantitative estimate of drug-likeness (QED) is 0.663. The zero-order valence-electron chi connectivity index (χ0n) is 13.3. The summed E-state index contributed by atoms with van der Waals surface area (Å²) in [7, 11) is 0. The molecule has 0 radical (unpaired) electrons. The number of para-hydroxylation sites is 1. The second-order valence-corrected chi connectivity index (χ2v) is 5.64. The third kappa shape index (κ3) is 3.32. The van der Waals surface area contributed by atoms with Crippen LogP contribution in [0.3, 0.4) is 0 Å². The van der Waals surface area contributed by atoms with E-state index in [0.717, 1.165) is 33.3 Å². The van der Waals surface area contributed by atoms with Gasteiger partial charge in [0.25, 0.3) is 0 Å². The van der Waals surface area contributed by atoms with E-state index in [4.69, 9.17) is 0 Å². The summed E-state index contributed by atoms with van der Waals surface area (Å²) in [5.41, 5.74) is 5.29. The van der Waals surface area contributed by atoms with Gasteiger partial charge in [-0.05, 0) is 43.2 Å². The summed E-state index contributed by atoms with van der Waals surface area (Å²) in [6, 6.07) is 18.0. The second kappa shape index (κ2) is 6.49. The van der Waals surface area contributed by atoms with Gasteiger partial charge < -0.3 is 4.98 Å². The average molecular weight is 301 g/mol. The van der Waals surface area contributed by atoms with Gasteiger partial charge in [-0.25, -0.2) is 0 Å². The Hall–Kier alpha value is -2.87. The Kier molecular flexibility index (Phi) is 4.24. The molecule has 0 atom stereocenters. The molecule has 0 unspecified atom stereocenters. The smallest absolute Gasteiger partial charge is 0.178 e. The number of aromatic amines is 1. The third-order valence-corrected chi connectivity index (χ3v) is 3.89. The van der Waals surface area contributed by atoms with Gasteiger partial charge in [0.15, 0.2) is 5.78 Å². The number of H-pyrrole nitrogens is 1. The number of ketones is 1. The Morgan fingerprint density at radius 2 is 1.70 bits per heavy atom. The lowest BCUT2D eigenvalue weighted by atomic mass is 10.0. The Morgan fingerprint density at radius 1 is 1.00 bits per heavy atom. The summed E-state index contributed by atoms with van der Waals surface area (Å²) >= 11 is 0. The molecule has 0 bridgehead atoms. The van der Waals surface area contributed by atoms with Crippen LogP contribution in [0.1, 0.15) is 23.7 Å². The molecular formula is C21H19NO. The lowest BCUT2D eigenvalue weighted by Crippen LogP contribution is -1.90. The molecule has 0 saturated heterocycles. The normalized spacial score (nSPS) is 12.2. The largest absolute Gasteiger partial charge is 0.358 e. The monoisotopic (exact) mass is 301 g/mol. The topological polar surface area (TPSA) is 32.9 Å². The number of aromatic nitrogens is 1. The average Bonchev–Trinajstić information content (AvgIpc) is 2.89. The molecule has 0 saturated carbocycles. The maximum absolute atomic E-state index is 12.2. The van der Waals surface area contributed by atoms with Gasteiger partial charge in [-0.1, -0.05) is 54.6 Å². The lowest BCUT2D eigenvalue weighted by Gasteiger charge is -2.01. The Balaban J connectivity index is 1.88. The number of aryl methyl sites for hydroxylation is 1. The molecule has 3 aromatic rings. The van der Waals surface area contributed by atoms with Gasteiger partial charge in [0.05, 0.1) is 0 Å². The maximum Gasteiger partial charge on any atom is 0.178 e. The van der Waals surface area contributed by atoms with Gasteiger partial charge in [-0.2, -0.15) is 0 Å². The molecule has 0 aliphatic rings. The van der Waals surface area contributed by atoms with Crippen molar-refractivity contribution in [2.24, 2.45) is 0 Å². The maximum atomic E-state index is 12.2. The summed E-state index contributed by atoms with van der Waals surface area (Å²) in [6.07, 6.45) is 5.15. The number of hydrogen-bond donors (Lipinski definition) is 1. The summed E-state index contributed by atoms with van der Waals surface area (Å²) in [6.45, 7) is 4.02. The fraction of sp³-hybridized carbons (Fsp3) is 0.0952. The molecule has 0 fully saturated rings. The summed E-state index contributed by atoms with van der Waals surface area (Å²) < 4.78 is 0. The van der Waals surface area contributed by atoms with Gasteiger partial charge in [-0.3, -0.25) is 4.79 Å². The Labute approximate surface area is 136 Å². The van der Waals surface area contributed by atoms with Crippen molar-refractivity contribution in [3.63, 3.8) is 0 Å². The second-order valence-electron chi connectivity index (χ2n) is 5.64. The molecule has 1 heterocycles. The SMILES string of the molecule is C/C(=C/C(=O)/C=C\c1ccccc1)c1c(C)[nH]c2ccccc12. The van der Waals surface area contributed by atoms with Gasteiger partial charge in [-0.15, -0.1) is 0 Å². The number of fused-ring (bicyclic) bond motifs is 1. The van der Waals surface area contributed by atoms with E-state index in [-0.39, 0.29) is 5.78 Å². The van der Waals surface area contributed by atoms with Crippen LogP contribution in [0.4, 0.5) is 0 Å². The molecule has 23 heavy (non-hydrogen) atoms. The van der Waals surface area contributed by atoms with Crippen LogP contribution < -0.4 is 0 Å². The lowest BCUT2D eigenvalue weighted by molar-refractivity contribution is -0.110. The van der Waals surface area contributed by atoms with E-state index in [1.807, 2.05) is 62.4 Å². The molecule has 114 valence electrons. The molecule has 2 nitrogen and oxygen atoms in total. The summed E-state index contributed by atoms with van der Waals surface area (Å²) in [5.74, 6) is -0.00367. The first-order valence-electron chi connectivity index (χ1n) is 7.68. The van der Waals surface area contributed by atoms with E-state index in [1.54, 1.807) is 12.2 Å². The van der Waals surface area contributed by atoms with Crippen molar-refractivity contribution in [1.82, 2.24) is 4.98 Å². The van der Waals surface area contributed by atoms with E-state index < -0.39 is 0 Å². The highest BCUT2D eigenvalue weighted by Gasteiger charge is 2.09. The van der Waals surface area contributed by atoms with Crippen LogP contribution in [-0.2, 0) is 4.79 Å². The van der Waals surface area contributed by atoms with Crippen molar-refractivity contribution in [2.45, 2.75) is 13.8 Å². The van der Waals surface area contributed by atoms with E-state index in [0.29, 0.717) is 0 Å². The van der Waals surface area contributed by atoms with Crippen molar-refractivity contribution in [2.75, 3.05) is 0 Å². The van der Waals surface area contributed by atoms with E-state index in [2.05, 4.69) is 17.1 Å². The first-order valence-corrected chi connectivity index (χ1v) is 7.68. The van der Waals surface area contributed by atoms with Crippen LogP contribution in [0.5, 0.6) is 0 Å². The highest BCUT2D eigenvalue weighted by molar-refractivity contribution is 6.08. The standard InChI is InChI=1S/C21H19NO/c1-15(14-18(23)13-12-17-8-4-3-5-9-17)21-16(2)22-20-11-7-6-10-19(20)21/h3-14,22H,1-2H3/b13-12-,15-14-. The first kappa shape index (κ1) is 15.0. The van der Waals surface area contributed by atoms with Gasteiger partial charge >= 0.3 is 0 Å². The molecule has 3 rings (SSSR count). The minimum absolute atomic E-state index is 0.00367. The molecule has 1 N–H and O–H groups in total. The number of carbonyl (C=O) groups is 1. The molecule has 0 spiro atoms. The summed E-state index contributed by atoms with van der Waals surface area (Å²) in [5, 5.41) is 1.15. The van der Waals surface area contributed by atoms with Crippen LogP contribution in [0.2, 0.25) is 0 Å². The zero-order valence-corrected chi connectivity index (χ0v) is 13.3. The third-order valence-electron chi connectivity index (χ3n) is 3.89. The van der Waals surface area contributed by atoms with Crippen molar-refractivity contribution in [3.8, 4) is 0 Å². The number of hydrogen-bond acceptors (Lipinski definition) is 1. The zero-order chi connectivity index (χ0) is 16.2. The predicted octanol–water partition coefficient (Wildman–Crippen LogP) is 5.16. The van der Waals surface area contributed by atoms with Crippen LogP contribution in [0, 0.1) is 6.92 Å². The fourth-order valence-electron chi connectivity index (χ4n) is 2.86. The molecule has 0 aliphatic carbocycles. The molecule has 2 heteroatoms. The van der Waals surface area contributed by atoms with Gasteiger partial charge in [0.2, 0.25) is 0 Å².